The van der Waals surface area contributed by atoms with E-state index in [1.54, 1.807) is 0 Å². The van der Waals surface area contributed by atoms with E-state index in [1.807, 2.05) is 6.92 Å². The van der Waals surface area contributed by atoms with Crippen LogP contribution in [0.3, 0.4) is 0 Å². The first-order valence-corrected chi connectivity index (χ1v) is 5.54. The zero-order valence-corrected chi connectivity index (χ0v) is 9.89. The summed E-state index contributed by atoms with van der Waals surface area (Å²) in [6, 6.07) is 4.00. The molecular formula is C12H14ClFO2. The number of Topliss-reactive ketones (excluding diaryl/α,β-unsaturated/α-hetero) is 1. The molecule has 0 saturated carbocycles. The molecule has 1 aromatic carbocycles. The van der Waals surface area contributed by atoms with Crippen LogP contribution in [0, 0.1) is 5.82 Å². The number of ketones is 1. The summed E-state index contributed by atoms with van der Waals surface area (Å²) in [5.41, 5.74) is 0.506. The first-order chi connectivity index (χ1) is 7.63. The molecule has 88 valence electrons. The lowest BCUT2D eigenvalue weighted by Crippen LogP contribution is -2.12. The number of carbonyl (C=O) groups excluding carboxylic acids is 1. The van der Waals surface area contributed by atoms with Crippen LogP contribution in [0.15, 0.2) is 18.2 Å². The van der Waals surface area contributed by atoms with Gasteiger partial charge in [0, 0.05) is 18.1 Å². The van der Waals surface area contributed by atoms with Gasteiger partial charge in [0.1, 0.15) is 12.4 Å². The Hall–Kier alpha value is -0.930. The van der Waals surface area contributed by atoms with Gasteiger partial charge >= 0.3 is 0 Å². The van der Waals surface area contributed by atoms with Crippen LogP contribution in [0.1, 0.15) is 18.9 Å². The Morgan fingerprint density at radius 2 is 2.25 bits per heavy atom. The minimum Gasteiger partial charge on any atom is -0.374 e. The molecule has 1 rings (SSSR count). The van der Waals surface area contributed by atoms with Crippen molar-refractivity contribution >= 4 is 17.4 Å². The van der Waals surface area contributed by atoms with E-state index >= 15 is 0 Å². The molecule has 0 atom stereocenters. The fraction of sp³-hybridized carbons (Fsp3) is 0.417. The third-order valence-electron chi connectivity index (χ3n) is 2.01. The number of rotatable bonds is 6. The van der Waals surface area contributed by atoms with Gasteiger partial charge in [0.15, 0.2) is 5.78 Å². The molecule has 0 aromatic heterocycles. The lowest BCUT2D eigenvalue weighted by molar-refractivity contribution is -0.122. The second kappa shape index (κ2) is 6.61. The number of hydrogen-bond acceptors (Lipinski definition) is 2. The van der Waals surface area contributed by atoms with Crippen molar-refractivity contribution in [2.75, 3.05) is 13.2 Å². The second-order valence-corrected chi connectivity index (χ2v) is 3.91. The quantitative estimate of drug-likeness (QED) is 0.719. The van der Waals surface area contributed by atoms with Gasteiger partial charge in [-0.1, -0.05) is 18.5 Å². The summed E-state index contributed by atoms with van der Waals surface area (Å²) < 4.78 is 18.0. The van der Waals surface area contributed by atoms with Crippen molar-refractivity contribution in [2.24, 2.45) is 0 Å². The SMILES string of the molecule is CCCOCC(=O)Cc1cc(F)ccc1Cl. The Morgan fingerprint density at radius 1 is 1.50 bits per heavy atom. The molecule has 2 nitrogen and oxygen atoms in total. The van der Waals surface area contributed by atoms with E-state index < -0.39 is 0 Å². The lowest BCUT2D eigenvalue weighted by atomic mass is 10.1. The zero-order chi connectivity index (χ0) is 12.0. The van der Waals surface area contributed by atoms with Gasteiger partial charge < -0.3 is 4.74 Å². The van der Waals surface area contributed by atoms with Crippen molar-refractivity contribution in [3.8, 4) is 0 Å². The highest BCUT2D eigenvalue weighted by atomic mass is 35.5. The summed E-state index contributed by atoms with van der Waals surface area (Å²) in [6.45, 7) is 2.58. The van der Waals surface area contributed by atoms with Crippen molar-refractivity contribution in [3.63, 3.8) is 0 Å². The van der Waals surface area contributed by atoms with Gasteiger partial charge in [-0.25, -0.2) is 4.39 Å². The van der Waals surface area contributed by atoms with E-state index in [9.17, 15) is 9.18 Å². The summed E-state index contributed by atoms with van der Waals surface area (Å²) in [4.78, 5) is 11.4. The van der Waals surface area contributed by atoms with Crippen molar-refractivity contribution in [1.82, 2.24) is 0 Å². The van der Waals surface area contributed by atoms with Crippen LogP contribution in [0.2, 0.25) is 5.02 Å². The Bertz CT molecular complexity index is 366. The Balaban J connectivity index is 2.52. The van der Waals surface area contributed by atoms with Crippen LogP contribution in [-0.4, -0.2) is 19.0 Å². The van der Waals surface area contributed by atoms with Crippen molar-refractivity contribution in [3.05, 3.63) is 34.6 Å². The monoisotopic (exact) mass is 244 g/mol. The van der Waals surface area contributed by atoms with Crippen LogP contribution in [0.5, 0.6) is 0 Å². The van der Waals surface area contributed by atoms with Gasteiger partial charge in [-0.05, 0) is 30.2 Å². The summed E-state index contributed by atoms with van der Waals surface area (Å²) in [5, 5.41) is 0.408. The van der Waals surface area contributed by atoms with Gasteiger partial charge in [-0.2, -0.15) is 0 Å². The minimum absolute atomic E-state index is 0.0562. The van der Waals surface area contributed by atoms with E-state index in [2.05, 4.69) is 0 Å². The summed E-state index contributed by atoms with van der Waals surface area (Å²) >= 11 is 5.84. The van der Waals surface area contributed by atoms with Gasteiger partial charge in [-0.3, -0.25) is 4.79 Å². The van der Waals surface area contributed by atoms with Crippen molar-refractivity contribution in [2.45, 2.75) is 19.8 Å². The molecule has 0 saturated heterocycles. The maximum atomic E-state index is 12.9. The molecule has 0 unspecified atom stereocenters. The molecule has 16 heavy (non-hydrogen) atoms. The van der Waals surface area contributed by atoms with E-state index in [4.69, 9.17) is 16.3 Å². The highest BCUT2D eigenvalue weighted by Crippen LogP contribution is 2.17. The number of hydrogen-bond donors (Lipinski definition) is 0. The van der Waals surface area contributed by atoms with Crippen molar-refractivity contribution < 1.29 is 13.9 Å². The third kappa shape index (κ3) is 4.29. The van der Waals surface area contributed by atoms with Crippen LogP contribution in [0.25, 0.3) is 0 Å². The molecule has 4 heteroatoms. The highest BCUT2D eigenvalue weighted by Gasteiger charge is 2.08. The standard InChI is InChI=1S/C12H14ClFO2/c1-2-5-16-8-11(15)7-9-6-10(14)3-4-12(9)13/h3-4,6H,2,5,7-8H2,1H3. The minimum atomic E-state index is -0.387. The predicted octanol–water partition coefficient (Wildman–Crippen LogP) is 3.02. The van der Waals surface area contributed by atoms with Gasteiger partial charge in [-0.15, -0.1) is 0 Å². The molecule has 0 bridgehead atoms. The normalized spacial score (nSPS) is 10.4. The molecule has 0 heterocycles. The summed E-state index contributed by atoms with van der Waals surface area (Å²) in [6.07, 6.45) is 0.980. The van der Waals surface area contributed by atoms with E-state index in [0.29, 0.717) is 17.2 Å². The van der Waals surface area contributed by atoms with Gasteiger partial charge in [0.25, 0.3) is 0 Å². The average Bonchev–Trinajstić information content (AvgIpc) is 2.24. The van der Waals surface area contributed by atoms with Crippen LogP contribution in [0.4, 0.5) is 4.39 Å². The van der Waals surface area contributed by atoms with Crippen molar-refractivity contribution in [1.29, 1.82) is 0 Å². The highest BCUT2D eigenvalue weighted by molar-refractivity contribution is 6.31. The Morgan fingerprint density at radius 3 is 2.94 bits per heavy atom. The molecule has 0 amide bonds. The van der Waals surface area contributed by atoms with E-state index in [1.165, 1.54) is 18.2 Å². The predicted molar refractivity (Wildman–Crippen MR) is 61.2 cm³/mol. The van der Waals surface area contributed by atoms with Crippen LogP contribution < -0.4 is 0 Å². The molecule has 0 radical (unpaired) electrons. The second-order valence-electron chi connectivity index (χ2n) is 3.50. The number of carbonyl (C=O) groups is 1. The fourth-order valence-electron chi connectivity index (χ4n) is 1.27. The third-order valence-corrected chi connectivity index (χ3v) is 2.38. The first kappa shape index (κ1) is 13.1. The van der Waals surface area contributed by atoms with Gasteiger partial charge in [0.05, 0.1) is 0 Å². The fourth-order valence-corrected chi connectivity index (χ4v) is 1.46. The number of benzene rings is 1. The van der Waals surface area contributed by atoms with E-state index in [0.717, 1.165) is 6.42 Å². The zero-order valence-electron chi connectivity index (χ0n) is 9.13. The summed E-state index contributed by atoms with van der Waals surface area (Å²) in [5.74, 6) is -0.484. The molecule has 0 aliphatic carbocycles. The molecule has 0 aliphatic rings. The number of ether oxygens (including phenoxy) is 1. The molecule has 0 N–H and O–H groups in total. The van der Waals surface area contributed by atoms with Crippen LogP contribution in [-0.2, 0) is 16.0 Å². The molecule has 0 aliphatic heterocycles. The van der Waals surface area contributed by atoms with E-state index in [-0.39, 0.29) is 24.6 Å². The first-order valence-electron chi connectivity index (χ1n) is 5.17. The number of halogens is 2. The average molecular weight is 245 g/mol. The van der Waals surface area contributed by atoms with Crippen LogP contribution >= 0.6 is 11.6 Å². The topological polar surface area (TPSA) is 26.3 Å². The molecular weight excluding hydrogens is 231 g/mol. The van der Waals surface area contributed by atoms with Gasteiger partial charge in [0.2, 0.25) is 0 Å². The maximum absolute atomic E-state index is 12.9. The smallest absolute Gasteiger partial charge is 0.162 e. The molecule has 0 fully saturated rings. The Kier molecular flexibility index (Phi) is 5.43. The Labute approximate surface area is 99.4 Å². The lowest BCUT2D eigenvalue weighted by Gasteiger charge is -2.04. The molecule has 1 aromatic rings. The molecule has 0 spiro atoms. The maximum Gasteiger partial charge on any atom is 0.162 e. The largest absolute Gasteiger partial charge is 0.374 e. The summed E-state index contributed by atoms with van der Waals surface area (Å²) in [7, 11) is 0.